The Hall–Kier alpha value is -2.34. The second-order valence-corrected chi connectivity index (χ2v) is 8.76. The molecule has 0 unspecified atom stereocenters. The minimum Gasteiger partial charge on any atom is -0.394 e. The number of hydrogen-bond donors (Lipinski definition) is 3. The Morgan fingerprint density at radius 1 is 1.31 bits per heavy atom. The summed E-state index contributed by atoms with van der Waals surface area (Å²) in [6, 6.07) is 7.60. The second kappa shape index (κ2) is 9.44. The molecule has 6 nitrogen and oxygen atoms in total. The number of urea groups is 1. The van der Waals surface area contributed by atoms with Crippen LogP contribution in [-0.2, 0) is 6.54 Å². The average molecular weight is 399 g/mol. The number of aliphatic hydroxyl groups excluding tert-OH is 1. The molecule has 0 spiro atoms. The topological polar surface area (TPSA) is 79.2 Å². The summed E-state index contributed by atoms with van der Waals surface area (Å²) in [6.45, 7) is 6.87. The molecule has 1 aliphatic rings. The van der Waals surface area contributed by atoms with E-state index in [1.54, 1.807) is 0 Å². The largest absolute Gasteiger partial charge is 0.394 e. The normalized spacial score (nSPS) is 17.1. The Morgan fingerprint density at radius 2 is 2.07 bits per heavy atom. The van der Waals surface area contributed by atoms with Gasteiger partial charge in [0.15, 0.2) is 0 Å². The maximum absolute atomic E-state index is 12.7. The SMILES string of the molecule is CC(C)c1nccn1Cc1cccc(NC(=O)N[C@@](C)(CO)C2CCCCC2)c1. The van der Waals surface area contributed by atoms with Gasteiger partial charge >= 0.3 is 6.03 Å². The monoisotopic (exact) mass is 398 g/mol. The Labute approximate surface area is 173 Å². The van der Waals surface area contributed by atoms with Gasteiger partial charge in [0.1, 0.15) is 5.82 Å². The Balaban J connectivity index is 1.64. The van der Waals surface area contributed by atoms with Crippen LogP contribution in [0, 0.1) is 5.92 Å². The van der Waals surface area contributed by atoms with Gasteiger partial charge in [-0.25, -0.2) is 9.78 Å². The van der Waals surface area contributed by atoms with Crippen molar-refractivity contribution in [1.29, 1.82) is 0 Å². The van der Waals surface area contributed by atoms with Crippen molar-refractivity contribution >= 4 is 11.7 Å². The zero-order valence-corrected chi connectivity index (χ0v) is 17.8. The number of aliphatic hydroxyl groups is 1. The first-order valence-corrected chi connectivity index (χ1v) is 10.7. The maximum Gasteiger partial charge on any atom is 0.319 e. The quantitative estimate of drug-likeness (QED) is 0.642. The highest BCUT2D eigenvalue weighted by atomic mass is 16.3. The molecule has 158 valence electrons. The first-order valence-electron chi connectivity index (χ1n) is 10.7. The van der Waals surface area contributed by atoms with Gasteiger partial charge in [0.2, 0.25) is 0 Å². The van der Waals surface area contributed by atoms with Crippen LogP contribution in [0.1, 0.15) is 70.2 Å². The molecule has 0 radical (unpaired) electrons. The molecule has 2 aromatic rings. The summed E-state index contributed by atoms with van der Waals surface area (Å²) in [6.07, 6.45) is 9.49. The van der Waals surface area contributed by atoms with E-state index in [0.29, 0.717) is 18.4 Å². The molecule has 1 fully saturated rings. The van der Waals surface area contributed by atoms with Crippen molar-refractivity contribution in [2.24, 2.45) is 5.92 Å². The Morgan fingerprint density at radius 3 is 2.76 bits per heavy atom. The van der Waals surface area contributed by atoms with E-state index in [0.717, 1.165) is 42.8 Å². The predicted molar refractivity (Wildman–Crippen MR) is 116 cm³/mol. The van der Waals surface area contributed by atoms with Gasteiger partial charge in [-0.05, 0) is 43.4 Å². The van der Waals surface area contributed by atoms with E-state index in [1.807, 2.05) is 43.6 Å². The fraction of sp³-hybridized carbons (Fsp3) is 0.565. The lowest BCUT2D eigenvalue weighted by Gasteiger charge is -2.39. The van der Waals surface area contributed by atoms with Crippen molar-refractivity contribution in [3.05, 3.63) is 48.0 Å². The molecular weight excluding hydrogens is 364 g/mol. The molecule has 0 saturated heterocycles. The van der Waals surface area contributed by atoms with Crippen molar-refractivity contribution < 1.29 is 9.90 Å². The first-order chi connectivity index (χ1) is 13.9. The molecule has 1 heterocycles. The van der Waals surface area contributed by atoms with Crippen LogP contribution in [0.3, 0.4) is 0 Å². The summed E-state index contributed by atoms with van der Waals surface area (Å²) in [5.74, 6) is 1.72. The van der Waals surface area contributed by atoms with Crippen molar-refractivity contribution in [1.82, 2.24) is 14.9 Å². The third kappa shape index (κ3) is 5.38. The highest BCUT2D eigenvalue weighted by molar-refractivity contribution is 5.89. The summed E-state index contributed by atoms with van der Waals surface area (Å²) >= 11 is 0. The zero-order valence-electron chi connectivity index (χ0n) is 17.8. The number of aromatic nitrogens is 2. The smallest absolute Gasteiger partial charge is 0.319 e. The lowest BCUT2D eigenvalue weighted by Crippen LogP contribution is -2.55. The number of anilines is 1. The summed E-state index contributed by atoms with van der Waals surface area (Å²) < 4.78 is 2.13. The standard InChI is InChI=1S/C23H34N4O2/c1-17(2)21-24-12-13-27(21)15-18-8-7-11-20(14-18)25-22(29)26-23(3,16-28)19-9-5-4-6-10-19/h7-8,11-14,17,19,28H,4-6,9-10,15-16H2,1-3H3,(H2,25,26,29)/t23-/m0/s1. The number of carbonyl (C=O) groups excluding carboxylic acids is 1. The molecule has 29 heavy (non-hydrogen) atoms. The van der Waals surface area contributed by atoms with Crippen LogP contribution in [0.4, 0.5) is 10.5 Å². The summed E-state index contributed by atoms with van der Waals surface area (Å²) in [5.41, 5.74) is 1.25. The van der Waals surface area contributed by atoms with Gasteiger partial charge in [0.05, 0.1) is 12.1 Å². The van der Waals surface area contributed by atoms with Crippen molar-refractivity contribution in [2.45, 2.75) is 70.9 Å². The van der Waals surface area contributed by atoms with Gasteiger partial charge in [-0.2, -0.15) is 0 Å². The number of imidazole rings is 1. The molecule has 0 bridgehead atoms. The predicted octanol–water partition coefficient (Wildman–Crippen LogP) is 4.51. The molecular formula is C23H34N4O2. The van der Waals surface area contributed by atoms with Crippen molar-refractivity contribution in [3.63, 3.8) is 0 Å². The molecule has 3 rings (SSSR count). The van der Waals surface area contributed by atoms with E-state index in [9.17, 15) is 9.90 Å². The number of rotatable bonds is 7. The summed E-state index contributed by atoms with van der Waals surface area (Å²) in [4.78, 5) is 17.1. The molecule has 1 atom stereocenters. The molecule has 1 aromatic carbocycles. The molecule has 1 aromatic heterocycles. The van der Waals surface area contributed by atoms with Gasteiger partial charge < -0.3 is 20.3 Å². The minimum atomic E-state index is -0.592. The second-order valence-electron chi connectivity index (χ2n) is 8.76. The van der Waals surface area contributed by atoms with Crippen LogP contribution in [0.5, 0.6) is 0 Å². The van der Waals surface area contributed by atoms with Gasteiger partial charge in [0, 0.05) is 30.5 Å². The fourth-order valence-electron chi connectivity index (χ4n) is 4.33. The Kier molecular flexibility index (Phi) is 6.96. The third-order valence-corrected chi connectivity index (χ3v) is 6.04. The van der Waals surface area contributed by atoms with Crippen LogP contribution < -0.4 is 10.6 Å². The van der Waals surface area contributed by atoms with Gasteiger partial charge in [-0.3, -0.25) is 0 Å². The molecule has 0 aliphatic heterocycles. The molecule has 3 N–H and O–H groups in total. The lowest BCUT2D eigenvalue weighted by molar-refractivity contribution is 0.103. The number of nitrogens with zero attached hydrogens (tertiary/aromatic N) is 2. The number of hydrogen-bond acceptors (Lipinski definition) is 3. The molecule has 1 aliphatic carbocycles. The van der Waals surface area contributed by atoms with E-state index in [-0.39, 0.29) is 12.6 Å². The van der Waals surface area contributed by atoms with Crippen LogP contribution in [-0.4, -0.2) is 32.8 Å². The van der Waals surface area contributed by atoms with Crippen molar-refractivity contribution in [2.75, 3.05) is 11.9 Å². The van der Waals surface area contributed by atoms with E-state index >= 15 is 0 Å². The fourth-order valence-corrected chi connectivity index (χ4v) is 4.33. The van der Waals surface area contributed by atoms with Crippen LogP contribution in [0.25, 0.3) is 0 Å². The van der Waals surface area contributed by atoms with Gasteiger partial charge in [-0.15, -0.1) is 0 Å². The zero-order chi connectivity index (χ0) is 20.9. The number of nitrogens with one attached hydrogen (secondary N) is 2. The van der Waals surface area contributed by atoms with Crippen LogP contribution in [0.2, 0.25) is 0 Å². The van der Waals surface area contributed by atoms with Gasteiger partial charge in [0.25, 0.3) is 0 Å². The average Bonchev–Trinajstić information content (AvgIpc) is 3.17. The van der Waals surface area contributed by atoms with Crippen molar-refractivity contribution in [3.8, 4) is 0 Å². The number of amides is 2. The lowest BCUT2D eigenvalue weighted by atomic mass is 9.76. The molecule has 2 amide bonds. The third-order valence-electron chi connectivity index (χ3n) is 6.04. The Bertz CT molecular complexity index is 811. The first kappa shape index (κ1) is 21.4. The highest BCUT2D eigenvalue weighted by Crippen LogP contribution is 2.32. The van der Waals surface area contributed by atoms with E-state index in [2.05, 4.69) is 34.0 Å². The van der Waals surface area contributed by atoms with Crippen LogP contribution in [0.15, 0.2) is 36.7 Å². The summed E-state index contributed by atoms with van der Waals surface area (Å²) in [7, 11) is 0. The van der Waals surface area contributed by atoms with E-state index < -0.39 is 5.54 Å². The van der Waals surface area contributed by atoms with E-state index in [1.165, 1.54) is 6.42 Å². The number of carbonyl (C=O) groups is 1. The number of benzene rings is 1. The van der Waals surface area contributed by atoms with Crippen LogP contribution >= 0.6 is 0 Å². The minimum absolute atomic E-state index is 0.0519. The van der Waals surface area contributed by atoms with E-state index in [4.69, 9.17) is 0 Å². The van der Waals surface area contributed by atoms with Gasteiger partial charge in [-0.1, -0.05) is 45.2 Å². The summed E-state index contributed by atoms with van der Waals surface area (Å²) in [5, 5.41) is 15.9. The molecule has 1 saturated carbocycles. The molecule has 6 heteroatoms. The highest BCUT2D eigenvalue weighted by Gasteiger charge is 2.35. The maximum atomic E-state index is 12.7.